The summed E-state index contributed by atoms with van der Waals surface area (Å²) in [7, 11) is -7.65. The van der Waals surface area contributed by atoms with Crippen molar-refractivity contribution in [1.29, 1.82) is 0 Å². The fourth-order valence-electron chi connectivity index (χ4n) is 6.18. The number of aliphatic hydroxyl groups is 1. The predicted octanol–water partition coefficient (Wildman–Crippen LogP) is 4.88. The second-order valence-electron chi connectivity index (χ2n) is 13.6. The molecule has 0 aliphatic carbocycles. The Morgan fingerprint density at radius 2 is 1.25 bits per heavy atom. The maximum Gasteiger partial charge on any atom is 0.314 e. The molecule has 18 nitrogen and oxygen atoms in total. The number of alkyl halides is 4. The summed E-state index contributed by atoms with van der Waals surface area (Å²) < 4.78 is 114. The van der Waals surface area contributed by atoms with Crippen LogP contribution in [0.1, 0.15) is 42.4 Å². The van der Waals surface area contributed by atoms with Gasteiger partial charge >= 0.3 is 12.9 Å². The van der Waals surface area contributed by atoms with E-state index in [1.807, 2.05) is 0 Å². The van der Waals surface area contributed by atoms with Crippen LogP contribution in [0.15, 0.2) is 118 Å². The Balaban J connectivity index is 0.000000219. The molecule has 4 aromatic heterocycles. The lowest BCUT2D eigenvalue weighted by Crippen LogP contribution is -2.44. The first-order valence-corrected chi connectivity index (χ1v) is 21.8. The van der Waals surface area contributed by atoms with Gasteiger partial charge in [-0.1, -0.05) is 43.0 Å². The summed E-state index contributed by atoms with van der Waals surface area (Å²) in [5, 5.41) is 24.4. The number of para-hydroxylation sites is 2. The van der Waals surface area contributed by atoms with Crippen LogP contribution in [0.4, 0.5) is 28.9 Å². The van der Waals surface area contributed by atoms with Crippen molar-refractivity contribution in [1.82, 2.24) is 35.3 Å². The Morgan fingerprint density at radius 1 is 0.778 bits per heavy atom. The van der Waals surface area contributed by atoms with Crippen LogP contribution in [0.2, 0.25) is 0 Å². The number of rotatable bonds is 17. The second kappa shape index (κ2) is 20.0. The number of primary amides is 1. The molecule has 3 N–H and O–H groups in total. The molecule has 7 rings (SSSR count). The minimum Gasteiger partial charge on any atom is -0.415 e. The third kappa shape index (κ3) is 11.6. The van der Waals surface area contributed by atoms with Crippen LogP contribution in [-0.4, -0.2) is 94.1 Å². The number of benzene rings is 2. The SMILES string of the molecule is C=CS(=O)(=O)N(Cc1ccc(-c2nnc(C(F)F)o2)cn1)c1ccccc1.NC(=O)[C@@H]1C[C@@H](O)CN1CCS(=O)(=O)N(Cc1ccc(-c2nnc(C(F)F)o2)cn1)c1ccccc1. The zero-order valence-corrected chi connectivity index (χ0v) is 34.4. The third-order valence-corrected chi connectivity index (χ3v) is 12.4. The quantitative estimate of drug-likeness (QED) is 0.116. The predicted molar refractivity (Wildman–Crippen MR) is 218 cm³/mol. The summed E-state index contributed by atoms with van der Waals surface area (Å²) in [5.74, 6) is -2.75. The number of aromatic nitrogens is 6. The van der Waals surface area contributed by atoms with E-state index in [1.165, 1.54) is 34.9 Å². The van der Waals surface area contributed by atoms with Crippen molar-refractivity contribution in [2.45, 2.75) is 44.5 Å². The first-order chi connectivity index (χ1) is 30.0. The molecule has 1 aliphatic heterocycles. The highest BCUT2D eigenvalue weighted by atomic mass is 32.2. The Bertz CT molecular complexity index is 2680. The number of anilines is 2. The second-order valence-corrected chi connectivity index (χ2v) is 17.4. The molecule has 1 fully saturated rings. The minimum atomic E-state index is -3.90. The van der Waals surface area contributed by atoms with Gasteiger partial charge in [0.2, 0.25) is 27.7 Å². The van der Waals surface area contributed by atoms with Gasteiger partial charge in [0.05, 0.1) is 64.9 Å². The summed E-state index contributed by atoms with van der Waals surface area (Å²) in [6.45, 7) is 3.36. The van der Waals surface area contributed by atoms with Crippen LogP contribution in [0, 0.1) is 0 Å². The molecule has 0 saturated carbocycles. The highest BCUT2D eigenvalue weighted by molar-refractivity contribution is 7.95. The Kier molecular flexibility index (Phi) is 14.6. The van der Waals surface area contributed by atoms with Crippen molar-refractivity contribution in [2.24, 2.45) is 5.73 Å². The van der Waals surface area contributed by atoms with E-state index in [0.717, 1.165) is 9.71 Å². The van der Waals surface area contributed by atoms with E-state index in [9.17, 15) is 44.3 Å². The molecule has 0 spiro atoms. The number of aliphatic hydroxyl groups excluding tert-OH is 1. The number of likely N-dealkylation sites (tertiary alicyclic amines) is 1. The van der Waals surface area contributed by atoms with Gasteiger partial charge < -0.3 is 19.7 Å². The zero-order chi connectivity index (χ0) is 45.3. The summed E-state index contributed by atoms with van der Waals surface area (Å²) >= 11 is 0. The molecule has 24 heteroatoms. The lowest BCUT2D eigenvalue weighted by Gasteiger charge is -2.27. The van der Waals surface area contributed by atoms with Crippen LogP contribution < -0.4 is 14.3 Å². The molecule has 5 heterocycles. The number of amides is 1. The first kappa shape index (κ1) is 45.9. The third-order valence-electron chi connectivity index (χ3n) is 9.30. The average Bonchev–Trinajstić information content (AvgIpc) is 4.06. The van der Waals surface area contributed by atoms with Crippen molar-refractivity contribution >= 4 is 37.3 Å². The molecular weight excluding hydrogens is 877 g/mol. The van der Waals surface area contributed by atoms with Gasteiger partial charge in [0, 0.05) is 30.9 Å². The molecular formula is C39H38F4N10O8S2. The summed E-state index contributed by atoms with van der Waals surface area (Å²) in [5.41, 5.74) is 7.73. The fourth-order valence-corrected chi connectivity index (χ4v) is 8.55. The molecule has 6 aromatic rings. The number of carbonyl (C=O) groups excluding carboxylic acids is 1. The van der Waals surface area contributed by atoms with Crippen LogP contribution in [-0.2, 0) is 37.9 Å². The average molecular weight is 915 g/mol. The van der Waals surface area contributed by atoms with Crippen molar-refractivity contribution in [3.63, 3.8) is 0 Å². The Morgan fingerprint density at radius 3 is 1.67 bits per heavy atom. The largest absolute Gasteiger partial charge is 0.415 e. The Labute approximate surface area is 357 Å². The van der Waals surface area contributed by atoms with Crippen LogP contribution in [0.25, 0.3) is 22.9 Å². The maximum absolute atomic E-state index is 13.4. The number of hydrogen-bond acceptors (Lipinski definition) is 15. The van der Waals surface area contributed by atoms with Gasteiger partial charge in [-0.25, -0.2) is 16.8 Å². The van der Waals surface area contributed by atoms with Gasteiger partial charge in [-0.2, -0.15) is 17.6 Å². The van der Waals surface area contributed by atoms with Gasteiger partial charge in [0.1, 0.15) is 0 Å². The number of hydrogen-bond donors (Lipinski definition) is 2. The highest BCUT2D eigenvalue weighted by Gasteiger charge is 2.36. The smallest absolute Gasteiger partial charge is 0.314 e. The molecule has 1 aliphatic rings. The molecule has 1 amide bonds. The number of nitrogens with two attached hydrogens (primary N) is 1. The maximum atomic E-state index is 13.4. The first-order valence-electron chi connectivity index (χ1n) is 18.7. The van der Waals surface area contributed by atoms with Crippen molar-refractivity contribution in [2.75, 3.05) is 27.5 Å². The number of pyridine rings is 2. The zero-order valence-electron chi connectivity index (χ0n) is 32.8. The molecule has 63 heavy (non-hydrogen) atoms. The van der Waals surface area contributed by atoms with Crippen molar-refractivity contribution in [3.05, 3.63) is 132 Å². The molecule has 0 unspecified atom stereocenters. The normalized spacial score (nSPS) is 15.5. The van der Waals surface area contributed by atoms with Gasteiger partial charge in [0.25, 0.3) is 21.8 Å². The van der Waals surface area contributed by atoms with E-state index in [0.29, 0.717) is 33.9 Å². The summed E-state index contributed by atoms with van der Waals surface area (Å²) in [6.07, 6.45) is -3.67. The molecule has 0 bridgehead atoms. The van der Waals surface area contributed by atoms with Crippen LogP contribution in [0.5, 0.6) is 0 Å². The van der Waals surface area contributed by atoms with E-state index in [2.05, 4.69) is 36.9 Å². The minimum absolute atomic E-state index is 0.00628. The van der Waals surface area contributed by atoms with Crippen LogP contribution in [0.3, 0.4) is 0 Å². The van der Waals surface area contributed by atoms with E-state index in [4.69, 9.17) is 14.6 Å². The highest BCUT2D eigenvalue weighted by Crippen LogP contribution is 2.27. The lowest BCUT2D eigenvalue weighted by atomic mass is 10.2. The van der Waals surface area contributed by atoms with E-state index >= 15 is 0 Å². The lowest BCUT2D eigenvalue weighted by molar-refractivity contribution is -0.122. The molecule has 332 valence electrons. The standard InChI is InChI=1S/C22H24F2N6O5S.C17H14F2N4O3S/c23-19(24)22-28-27-21(35-22)14-6-7-15(26-11-14)12-30(16-4-2-1-3-5-16)36(33,34)9-8-29-13-17(31)10-18(29)20(25)32;1-2-27(24,25)23(14-6-4-3-5-7-14)11-13-9-8-12(10-20-13)16-21-22-17(26-16)15(18)19/h1-7,11,17-19,31H,8-10,12-13H2,(H2,25,32);2-10,15H,1,11H2/t17-,18+;/m1./s1. The van der Waals surface area contributed by atoms with Crippen LogP contribution >= 0.6 is 0 Å². The van der Waals surface area contributed by atoms with E-state index in [-0.39, 0.29) is 50.1 Å². The number of nitrogens with zero attached hydrogens (tertiary/aromatic N) is 9. The number of carbonyl (C=O) groups is 1. The molecule has 1 saturated heterocycles. The number of sulfonamides is 2. The summed E-state index contributed by atoms with van der Waals surface area (Å²) in [6, 6.07) is 22.3. The molecule has 2 aromatic carbocycles. The van der Waals surface area contributed by atoms with Gasteiger partial charge in [-0.3, -0.25) is 28.3 Å². The topological polar surface area (TPSA) is 245 Å². The van der Waals surface area contributed by atoms with Gasteiger partial charge in [0.15, 0.2) is 0 Å². The van der Waals surface area contributed by atoms with Gasteiger partial charge in [-0.15, -0.1) is 20.4 Å². The molecule has 0 radical (unpaired) electrons. The molecule has 2 atom stereocenters. The number of halogens is 4. The van der Waals surface area contributed by atoms with Crippen molar-refractivity contribution < 1.29 is 53.1 Å². The monoisotopic (exact) mass is 914 g/mol. The van der Waals surface area contributed by atoms with E-state index in [1.54, 1.807) is 71.6 Å². The van der Waals surface area contributed by atoms with E-state index < -0.39 is 62.7 Å². The summed E-state index contributed by atoms with van der Waals surface area (Å²) in [4.78, 5) is 21.7. The number of β-amino-alcohol motifs (C(OH)–C–C–N with tert-alkyl or cyclic N) is 1. The van der Waals surface area contributed by atoms with Gasteiger partial charge in [-0.05, 0) is 55.0 Å². The van der Waals surface area contributed by atoms with Crippen molar-refractivity contribution in [3.8, 4) is 22.9 Å². The Hall–Kier alpha value is -6.63. The fraction of sp³-hybridized carbons (Fsp3) is 0.256.